The third-order valence-electron chi connectivity index (χ3n) is 8.87. The van der Waals surface area contributed by atoms with Gasteiger partial charge in [0, 0.05) is 11.8 Å². The van der Waals surface area contributed by atoms with Crippen LogP contribution in [0.3, 0.4) is 0 Å². The average molecular weight is 373 g/mol. The number of rotatable bonds is 2. The third kappa shape index (κ3) is 2.52. The molecule has 4 aliphatic carbocycles. The van der Waals surface area contributed by atoms with Gasteiger partial charge in [-0.3, -0.25) is 9.59 Å². The number of hydrogen-bond donors (Lipinski definition) is 1. The summed E-state index contributed by atoms with van der Waals surface area (Å²) in [5, 5.41) is 11.3. The van der Waals surface area contributed by atoms with Crippen molar-refractivity contribution in [3.05, 3.63) is 23.8 Å². The van der Waals surface area contributed by atoms with E-state index < -0.39 is 6.10 Å². The summed E-state index contributed by atoms with van der Waals surface area (Å²) in [4.78, 5) is 24.1. The van der Waals surface area contributed by atoms with Crippen LogP contribution in [0.4, 0.5) is 0 Å². The van der Waals surface area contributed by atoms with Crippen molar-refractivity contribution in [2.75, 3.05) is 7.11 Å². The number of aliphatic hydroxyl groups is 1. The summed E-state index contributed by atoms with van der Waals surface area (Å²) in [6.07, 6.45) is 10.1. The maximum atomic E-state index is 12.2. The van der Waals surface area contributed by atoms with Crippen molar-refractivity contribution in [3.8, 4) is 0 Å². The zero-order chi connectivity index (χ0) is 19.6. The second kappa shape index (κ2) is 6.30. The van der Waals surface area contributed by atoms with Crippen LogP contribution in [0.15, 0.2) is 23.8 Å². The normalized spacial score (nSPS) is 46.8. The van der Waals surface area contributed by atoms with Crippen molar-refractivity contribution < 1.29 is 19.4 Å². The Morgan fingerprint density at radius 3 is 2.74 bits per heavy atom. The predicted molar refractivity (Wildman–Crippen MR) is 103 cm³/mol. The maximum Gasteiger partial charge on any atom is 0.308 e. The van der Waals surface area contributed by atoms with Crippen LogP contribution in [0, 0.1) is 40.4 Å². The van der Waals surface area contributed by atoms with Gasteiger partial charge in [0.15, 0.2) is 5.78 Å². The van der Waals surface area contributed by atoms with Crippen LogP contribution in [0.2, 0.25) is 0 Å². The molecule has 4 rings (SSSR count). The summed E-state index contributed by atoms with van der Waals surface area (Å²) < 4.78 is 5.01. The Kier molecular flexibility index (Phi) is 4.41. The summed E-state index contributed by atoms with van der Waals surface area (Å²) in [7, 11) is 1.45. The molecular formula is C23H32O4. The highest BCUT2D eigenvalue weighted by Crippen LogP contribution is 2.66. The SMILES string of the molecule is COC(=O)C(C)[C@H]1CC[C@H]2[C@@H]3C=CC4=CC(=O)CC[C@]4(C)[C@H]3C[C@H](O)[C@]12C. The molecule has 148 valence electrons. The number of esters is 1. The minimum absolute atomic E-state index is 0.0261. The van der Waals surface area contributed by atoms with E-state index in [-0.39, 0.29) is 34.4 Å². The lowest BCUT2D eigenvalue weighted by molar-refractivity contribution is -0.155. The number of allylic oxidation sites excluding steroid dienone is 4. The van der Waals surface area contributed by atoms with Crippen molar-refractivity contribution in [3.63, 3.8) is 0 Å². The molecule has 0 amide bonds. The molecule has 0 heterocycles. The lowest BCUT2D eigenvalue weighted by Crippen LogP contribution is -2.56. The van der Waals surface area contributed by atoms with Crippen LogP contribution in [0.1, 0.15) is 52.9 Å². The molecule has 4 nitrogen and oxygen atoms in total. The first kappa shape index (κ1) is 18.9. The number of hydrogen-bond acceptors (Lipinski definition) is 4. The summed E-state index contributed by atoms with van der Waals surface area (Å²) in [6.45, 7) is 6.43. The molecule has 0 aliphatic heterocycles. The molecule has 0 aromatic carbocycles. The van der Waals surface area contributed by atoms with E-state index in [0.29, 0.717) is 24.2 Å². The zero-order valence-corrected chi connectivity index (χ0v) is 16.9. The molecule has 4 aliphatic rings. The first-order valence-corrected chi connectivity index (χ1v) is 10.4. The number of carbonyl (C=O) groups excluding carboxylic acids is 2. The van der Waals surface area contributed by atoms with E-state index in [1.165, 1.54) is 7.11 Å². The minimum Gasteiger partial charge on any atom is -0.469 e. The maximum absolute atomic E-state index is 12.2. The topological polar surface area (TPSA) is 63.6 Å². The largest absolute Gasteiger partial charge is 0.469 e. The van der Waals surface area contributed by atoms with Crippen molar-refractivity contribution in [1.29, 1.82) is 0 Å². The molecular weight excluding hydrogens is 340 g/mol. The van der Waals surface area contributed by atoms with E-state index in [2.05, 4.69) is 26.0 Å². The van der Waals surface area contributed by atoms with Crippen LogP contribution in [-0.4, -0.2) is 30.1 Å². The van der Waals surface area contributed by atoms with Gasteiger partial charge in [0.05, 0.1) is 19.1 Å². The van der Waals surface area contributed by atoms with E-state index in [9.17, 15) is 14.7 Å². The zero-order valence-electron chi connectivity index (χ0n) is 16.9. The molecule has 4 heteroatoms. The van der Waals surface area contributed by atoms with Gasteiger partial charge >= 0.3 is 5.97 Å². The Balaban J connectivity index is 1.71. The average Bonchev–Trinajstić information content (AvgIpc) is 3.01. The Morgan fingerprint density at radius 2 is 2.04 bits per heavy atom. The van der Waals surface area contributed by atoms with Crippen molar-refractivity contribution >= 4 is 11.8 Å². The van der Waals surface area contributed by atoms with E-state index in [4.69, 9.17) is 4.74 Å². The molecule has 8 atom stereocenters. The highest BCUT2D eigenvalue weighted by molar-refractivity contribution is 5.92. The third-order valence-corrected chi connectivity index (χ3v) is 8.87. The molecule has 1 unspecified atom stereocenters. The Morgan fingerprint density at radius 1 is 1.30 bits per heavy atom. The van der Waals surface area contributed by atoms with Crippen LogP contribution in [0.25, 0.3) is 0 Å². The molecule has 0 spiro atoms. The van der Waals surface area contributed by atoms with Crippen LogP contribution >= 0.6 is 0 Å². The van der Waals surface area contributed by atoms with Gasteiger partial charge in [0.1, 0.15) is 0 Å². The molecule has 0 saturated heterocycles. The van der Waals surface area contributed by atoms with Crippen molar-refractivity contribution in [1.82, 2.24) is 0 Å². The summed E-state index contributed by atoms with van der Waals surface area (Å²) in [6, 6.07) is 0. The quantitative estimate of drug-likeness (QED) is 0.751. The van der Waals surface area contributed by atoms with Crippen LogP contribution in [0.5, 0.6) is 0 Å². The predicted octanol–water partition coefficient (Wildman–Crippen LogP) is 3.69. The van der Waals surface area contributed by atoms with Crippen molar-refractivity contribution in [2.45, 2.75) is 59.0 Å². The van der Waals surface area contributed by atoms with Gasteiger partial charge in [0.25, 0.3) is 0 Å². The van der Waals surface area contributed by atoms with E-state index in [1.54, 1.807) is 0 Å². The second-order valence-corrected chi connectivity index (χ2v) is 9.75. The smallest absolute Gasteiger partial charge is 0.308 e. The van der Waals surface area contributed by atoms with E-state index in [1.807, 2.05) is 13.0 Å². The Hall–Kier alpha value is -1.42. The summed E-state index contributed by atoms with van der Waals surface area (Å²) in [5.41, 5.74) is 0.858. The van der Waals surface area contributed by atoms with Gasteiger partial charge in [-0.1, -0.05) is 32.9 Å². The molecule has 1 N–H and O–H groups in total. The summed E-state index contributed by atoms with van der Waals surface area (Å²) >= 11 is 0. The first-order valence-electron chi connectivity index (χ1n) is 10.4. The Bertz CT molecular complexity index is 722. The van der Waals surface area contributed by atoms with Crippen molar-refractivity contribution in [2.24, 2.45) is 40.4 Å². The molecule has 0 radical (unpaired) electrons. The number of ether oxygens (including phenoxy) is 1. The standard InChI is InChI=1S/C23H32O4/c1-13(21(26)27-4)17-7-8-18-16-6-5-14-11-15(24)9-10-22(14,2)19(16)12-20(25)23(17,18)3/h5-6,11,13,16-20,25H,7-10,12H2,1-4H3/t13?,16-,17+,18-,19-,20-,22-,23+/m0/s1. The number of carbonyl (C=O) groups is 2. The number of ketones is 1. The van der Waals surface area contributed by atoms with Crippen LogP contribution < -0.4 is 0 Å². The number of fused-ring (bicyclic) bond motifs is 5. The lowest BCUT2D eigenvalue weighted by atomic mass is 9.47. The highest BCUT2D eigenvalue weighted by Gasteiger charge is 2.62. The first-order chi connectivity index (χ1) is 12.7. The van der Waals surface area contributed by atoms with Gasteiger partial charge in [0.2, 0.25) is 0 Å². The van der Waals surface area contributed by atoms with E-state index in [0.717, 1.165) is 31.3 Å². The van der Waals surface area contributed by atoms with E-state index >= 15 is 0 Å². The fourth-order valence-electron chi connectivity index (χ4n) is 7.17. The molecule has 0 aromatic heterocycles. The van der Waals surface area contributed by atoms with Gasteiger partial charge in [-0.25, -0.2) is 0 Å². The Labute approximate surface area is 162 Å². The fraction of sp³-hybridized carbons (Fsp3) is 0.739. The highest BCUT2D eigenvalue weighted by atomic mass is 16.5. The van der Waals surface area contributed by atoms with Gasteiger partial charge in [-0.2, -0.15) is 0 Å². The fourth-order valence-corrected chi connectivity index (χ4v) is 7.17. The summed E-state index contributed by atoms with van der Waals surface area (Å²) in [5.74, 6) is 1.15. The number of aliphatic hydroxyl groups excluding tert-OH is 1. The van der Waals surface area contributed by atoms with Gasteiger partial charge < -0.3 is 9.84 Å². The number of methoxy groups -OCH3 is 1. The van der Waals surface area contributed by atoms with Gasteiger partial charge in [-0.15, -0.1) is 0 Å². The molecule has 2 fully saturated rings. The molecule has 0 aromatic rings. The monoisotopic (exact) mass is 372 g/mol. The minimum atomic E-state index is -0.425. The van der Waals surface area contributed by atoms with Crippen LogP contribution in [-0.2, 0) is 14.3 Å². The molecule has 0 bridgehead atoms. The van der Waals surface area contributed by atoms with Gasteiger partial charge in [-0.05, 0) is 66.4 Å². The lowest BCUT2D eigenvalue weighted by Gasteiger charge is -2.58. The molecule has 27 heavy (non-hydrogen) atoms. The second-order valence-electron chi connectivity index (χ2n) is 9.75. The molecule has 2 saturated carbocycles.